The van der Waals surface area contributed by atoms with Gasteiger partial charge in [-0.25, -0.2) is 4.79 Å². The second-order valence-corrected chi connectivity index (χ2v) is 5.95. The van der Waals surface area contributed by atoms with Gasteiger partial charge in [0.05, 0.1) is 5.56 Å². The van der Waals surface area contributed by atoms with Crippen LogP contribution >= 0.6 is 0 Å². The number of carboxylic acid groups (broad SMARTS) is 1. The smallest absolute Gasteiger partial charge is 0.417 e. The van der Waals surface area contributed by atoms with Crippen molar-refractivity contribution in [1.29, 1.82) is 0 Å². The summed E-state index contributed by atoms with van der Waals surface area (Å²) in [6.07, 6.45) is -2.47. The normalized spacial score (nSPS) is 12.1. The fourth-order valence-electron chi connectivity index (χ4n) is 2.59. The van der Waals surface area contributed by atoms with Gasteiger partial charge in [0.1, 0.15) is 11.3 Å². The zero-order valence-electron chi connectivity index (χ0n) is 16.9. The van der Waals surface area contributed by atoms with E-state index in [-0.39, 0.29) is 16.7 Å². The Balaban J connectivity index is 0.00000218. The van der Waals surface area contributed by atoms with Crippen molar-refractivity contribution >= 4 is 17.2 Å². The molecule has 0 fully saturated rings. The summed E-state index contributed by atoms with van der Waals surface area (Å²) in [5.41, 5.74) is 4.95. The van der Waals surface area contributed by atoms with Gasteiger partial charge in [0.2, 0.25) is 0 Å². The molecule has 4 nitrogen and oxygen atoms in total. The molecule has 2 aromatic carbocycles. The third kappa shape index (κ3) is 6.01. The van der Waals surface area contributed by atoms with Crippen molar-refractivity contribution < 1.29 is 28.2 Å². The van der Waals surface area contributed by atoms with Crippen molar-refractivity contribution in [3.8, 4) is 11.1 Å². The van der Waals surface area contributed by atoms with Crippen molar-refractivity contribution in [1.82, 2.24) is 0 Å². The number of carbonyl (C=O) groups is 1. The second-order valence-electron chi connectivity index (χ2n) is 5.95. The molecule has 0 aliphatic rings. The quantitative estimate of drug-likeness (QED) is 0.225. The summed E-state index contributed by atoms with van der Waals surface area (Å²) in [4.78, 5) is 11.3. The van der Waals surface area contributed by atoms with Crippen LogP contribution in [0.15, 0.2) is 72.5 Å². The van der Waals surface area contributed by atoms with Crippen LogP contribution in [-0.2, 0) is 11.0 Å². The first-order valence-corrected chi connectivity index (χ1v) is 9.11. The van der Waals surface area contributed by atoms with Crippen LogP contribution < -0.4 is 5.73 Å². The number of alkyl halides is 3. The largest absolute Gasteiger partial charge is 0.507 e. The summed E-state index contributed by atoms with van der Waals surface area (Å²) in [6, 6.07) is 9.65. The summed E-state index contributed by atoms with van der Waals surface area (Å²) < 4.78 is 40.9. The van der Waals surface area contributed by atoms with Gasteiger partial charge in [-0.1, -0.05) is 44.7 Å². The van der Waals surface area contributed by atoms with E-state index in [2.05, 4.69) is 6.58 Å². The summed E-state index contributed by atoms with van der Waals surface area (Å²) in [7, 11) is 0. The molecular weight excluding hydrogens is 395 g/mol. The molecule has 0 heterocycles. The lowest BCUT2D eigenvalue weighted by molar-refractivity contribution is -0.137. The van der Waals surface area contributed by atoms with Crippen molar-refractivity contribution in [2.75, 3.05) is 5.73 Å². The number of allylic oxidation sites excluding steroid dienone is 3. The SMILES string of the molecule is C=C(/C=C(C(=O)O)\C(O)=C/C)c1ccc(-c2cccc(N)c2)c(C(F)(F)F)c1.CC. The molecule has 160 valence electrons. The molecule has 0 saturated carbocycles. The van der Waals surface area contributed by atoms with Gasteiger partial charge in [-0.3, -0.25) is 0 Å². The average Bonchev–Trinajstić information content (AvgIpc) is 2.71. The molecular formula is C23H24F3NO3. The topological polar surface area (TPSA) is 83.5 Å². The molecule has 0 aliphatic carbocycles. The summed E-state index contributed by atoms with van der Waals surface area (Å²) in [5, 5.41) is 18.8. The Hall–Kier alpha value is -3.48. The van der Waals surface area contributed by atoms with E-state index in [0.29, 0.717) is 11.3 Å². The van der Waals surface area contributed by atoms with Gasteiger partial charge in [-0.15, -0.1) is 0 Å². The highest BCUT2D eigenvalue weighted by atomic mass is 19.4. The van der Waals surface area contributed by atoms with Crippen molar-refractivity contribution in [3.63, 3.8) is 0 Å². The Labute approximate surface area is 173 Å². The molecule has 0 saturated heterocycles. The minimum atomic E-state index is -4.65. The van der Waals surface area contributed by atoms with Crippen LogP contribution in [0, 0.1) is 0 Å². The van der Waals surface area contributed by atoms with Crippen LogP contribution in [0.2, 0.25) is 0 Å². The number of nitrogens with two attached hydrogens (primary N) is 1. The molecule has 0 aromatic heterocycles. The van der Waals surface area contributed by atoms with Crippen LogP contribution in [0.3, 0.4) is 0 Å². The van der Waals surface area contributed by atoms with E-state index in [1.54, 1.807) is 12.1 Å². The van der Waals surface area contributed by atoms with Gasteiger partial charge in [-0.05, 0) is 59.5 Å². The molecule has 0 spiro atoms. The van der Waals surface area contributed by atoms with Crippen molar-refractivity contribution in [3.05, 3.63) is 83.7 Å². The maximum atomic E-state index is 13.6. The Morgan fingerprint density at radius 1 is 1.10 bits per heavy atom. The standard InChI is InChI=1S/C21H18F3NO3.C2H6/c1-3-19(26)17(20(27)28)9-12(2)13-7-8-16(18(11-13)21(22,23)24)14-5-4-6-15(25)10-14;1-2/h3-11,26H,2,25H2,1H3,(H,27,28);1-2H3/b17-9+,19-3+;. The van der Waals surface area contributed by atoms with E-state index in [4.69, 9.17) is 5.73 Å². The van der Waals surface area contributed by atoms with Crippen LogP contribution in [-0.4, -0.2) is 16.2 Å². The minimum absolute atomic E-state index is 0.00965. The fourth-order valence-corrected chi connectivity index (χ4v) is 2.59. The van der Waals surface area contributed by atoms with Gasteiger partial charge in [0.15, 0.2) is 0 Å². The molecule has 0 atom stereocenters. The van der Waals surface area contributed by atoms with Gasteiger partial charge in [-0.2, -0.15) is 13.2 Å². The summed E-state index contributed by atoms with van der Waals surface area (Å²) in [5.74, 6) is -1.94. The number of halogens is 3. The van der Waals surface area contributed by atoms with E-state index in [1.165, 1.54) is 31.2 Å². The number of benzene rings is 2. The van der Waals surface area contributed by atoms with Crippen LogP contribution in [0.1, 0.15) is 31.9 Å². The monoisotopic (exact) mass is 419 g/mol. The molecule has 0 radical (unpaired) electrons. The minimum Gasteiger partial charge on any atom is -0.507 e. The first-order chi connectivity index (χ1) is 14.0. The number of rotatable bonds is 5. The third-order valence-corrected chi connectivity index (χ3v) is 3.99. The third-order valence-electron chi connectivity index (χ3n) is 3.99. The molecule has 0 amide bonds. The van der Waals surface area contributed by atoms with Crippen molar-refractivity contribution in [2.24, 2.45) is 0 Å². The maximum absolute atomic E-state index is 13.6. The average molecular weight is 419 g/mol. The van der Waals surface area contributed by atoms with Crippen molar-refractivity contribution in [2.45, 2.75) is 26.9 Å². The predicted octanol–water partition coefficient (Wildman–Crippen LogP) is 6.47. The zero-order chi connectivity index (χ0) is 23.1. The van der Waals surface area contributed by atoms with E-state index < -0.39 is 29.0 Å². The lowest BCUT2D eigenvalue weighted by atomic mass is 9.94. The predicted molar refractivity (Wildman–Crippen MR) is 114 cm³/mol. The molecule has 7 heteroatoms. The van der Waals surface area contributed by atoms with Gasteiger partial charge in [0, 0.05) is 5.69 Å². The molecule has 0 unspecified atom stereocenters. The molecule has 2 rings (SSSR count). The van der Waals surface area contributed by atoms with E-state index in [1.807, 2.05) is 13.8 Å². The Kier molecular flexibility index (Phi) is 8.46. The maximum Gasteiger partial charge on any atom is 0.417 e. The highest BCUT2D eigenvalue weighted by molar-refractivity contribution is 5.95. The van der Waals surface area contributed by atoms with E-state index >= 15 is 0 Å². The van der Waals surface area contributed by atoms with E-state index in [9.17, 15) is 28.2 Å². The first-order valence-electron chi connectivity index (χ1n) is 9.11. The first kappa shape index (κ1) is 24.6. The highest BCUT2D eigenvalue weighted by Gasteiger charge is 2.34. The van der Waals surface area contributed by atoms with Crippen LogP contribution in [0.4, 0.5) is 18.9 Å². The number of hydrogen-bond acceptors (Lipinski definition) is 3. The Morgan fingerprint density at radius 2 is 1.73 bits per heavy atom. The van der Waals surface area contributed by atoms with E-state index in [0.717, 1.165) is 18.2 Å². The summed E-state index contributed by atoms with van der Waals surface area (Å²) in [6.45, 7) is 9.07. The number of nitrogen functional groups attached to an aromatic ring is 1. The van der Waals surface area contributed by atoms with Gasteiger partial charge in [0.25, 0.3) is 0 Å². The number of carboxylic acids is 1. The zero-order valence-corrected chi connectivity index (χ0v) is 16.9. The molecule has 4 N–H and O–H groups in total. The lowest BCUT2D eigenvalue weighted by Crippen LogP contribution is -2.08. The molecule has 0 bridgehead atoms. The fraction of sp³-hybridized carbons (Fsp3) is 0.174. The number of anilines is 1. The van der Waals surface area contributed by atoms with Crippen LogP contribution in [0.5, 0.6) is 0 Å². The van der Waals surface area contributed by atoms with Crippen LogP contribution in [0.25, 0.3) is 16.7 Å². The second kappa shape index (κ2) is 10.3. The van der Waals surface area contributed by atoms with Gasteiger partial charge >= 0.3 is 12.1 Å². The number of aliphatic carboxylic acids is 1. The lowest BCUT2D eigenvalue weighted by Gasteiger charge is -2.15. The Morgan fingerprint density at radius 3 is 2.23 bits per heavy atom. The number of hydrogen-bond donors (Lipinski definition) is 3. The molecule has 2 aromatic rings. The highest BCUT2D eigenvalue weighted by Crippen LogP contribution is 2.39. The molecule has 30 heavy (non-hydrogen) atoms. The number of aliphatic hydroxyl groups excluding tert-OH is 1. The number of aliphatic hydroxyl groups is 1. The summed E-state index contributed by atoms with van der Waals surface area (Å²) >= 11 is 0. The Bertz CT molecular complexity index is 989. The van der Waals surface area contributed by atoms with Gasteiger partial charge < -0.3 is 15.9 Å². The molecule has 0 aliphatic heterocycles.